The molecule has 8 heteroatoms. The fourth-order valence-electron chi connectivity index (χ4n) is 3.68. The zero-order chi connectivity index (χ0) is 20.6. The van der Waals surface area contributed by atoms with E-state index in [2.05, 4.69) is 35.4 Å². The topological polar surface area (TPSA) is 93.2 Å². The molecule has 0 amide bonds. The van der Waals surface area contributed by atoms with Crippen LogP contribution in [-0.2, 0) is 25.9 Å². The lowest BCUT2D eigenvalue weighted by atomic mass is 10.2. The fourth-order valence-corrected chi connectivity index (χ4v) is 3.68. The molecule has 0 aliphatic carbocycles. The van der Waals surface area contributed by atoms with Gasteiger partial charge in [-0.3, -0.25) is 4.99 Å². The standard InChI is InChI=1S/C22H29N7O/c1-23-22(25-15-18-16-30-21(26-18)17-9-4-2-5-10-17)24-13-8-12-20-28-27-19-11-6-3-7-14-29(19)20/h2,4-5,9-10,16H,3,6-8,11-15H2,1H3,(H2,23,24,25). The second-order valence-electron chi connectivity index (χ2n) is 7.46. The first-order valence-electron chi connectivity index (χ1n) is 10.7. The quantitative estimate of drug-likeness (QED) is 0.355. The van der Waals surface area contributed by atoms with Crippen LogP contribution >= 0.6 is 0 Å². The van der Waals surface area contributed by atoms with Gasteiger partial charge in [0.1, 0.15) is 17.9 Å². The number of rotatable bonds is 7. The monoisotopic (exact) mass is 407 g/mol. The highest BCUT2D eigenvalue weighted by atomic mass is 16.3. The largest absolute Gasteiger partial charge is 0.444 e. The molecule has 0 spiro atoms. The van der Waals surface area contributed by atoms with Crippen molar-refractivity contribution in [2.75, 3.05) is 13.6 Å². The van der Waals surface area contributed by atoms with Crippen LogP contribution in [0.1, 0.15) is 43.0 Å². The predicted octanol–water partition coefficient (Wildman–Crippen LogP) is 2.96. The predicted molar refractivity (Wildman–Crippen MR) is 116 cm³/mol. The van der Waals surface area contributed by atoms with Crippen LogP contribution in [0.15, 0.2) is 46.0 Å². The molecule has 2 N–H and O–H groups in total. The molecule has 3 aromatic rings. The van der Waals surface area contributed by atoms with Gasteiger partial charge in [0.2, 0.25) is 5.89 Å². The second kappa shape index (κ2) is 10.0. The third-order valence-electron chi connectivity index (χ3n) is 5.29. The molecule has 0 saturated heterocycles. The Morgan fingerprint density at radius 3 is 2.90 bits per heavy atom. The summed E-state index contributed by atoms with van der Waals surface area (Å²) in [7, 11) is 1.77. The van der Waals surface area contributed by atoms with E-state index in [9.17, 15) is 0 Å². The summed E-state index contributed by atoms with van der Waals surface area (Å²) in [6.07, 6.45) is 8.35. The van der Waals surface area contributed by atoms with Gasteiger partial charge in [0.15, 0.2) is 5.96 Å². The van der Waals surface area contributed by atoms with Crippen molar-refractivity contribution in [1.82, 2.24) is 30.4 Å². The van der Waals surface area contributed by atoms with Crippen molar-refractivity contribution in [3.8, 4) is 11.5 Å². The molecule has 3 heterocycles. The van der Waals surface area contributed by atoms with Gasteiger partial charge in [-0.1, -0.05) is 24.6 Å². The van der Waals surface area contributed by atoms with Gasteiger partial charge >= 0.3 is 0 Å². The molecule has 30 heavy (non-hydrogen) atoms. The van der Waals surface area contributed by atoms with E-state index >= 15 is 0 Å². The lowest BCUT2D eigenvalue weighted by Gasteiger charge is -2.11. The minimum atomic E-state index is 0.549. The summed E-state index contributed by atoms with van der Waals surface area (Å²) in [6.45, 7) is 2.42. The van der Waals surface area contributed by atoms with E-state index in [-0.39, 0.29) is 0 Å². The summed E-state index contributed by atoms with van der Waals surface area (Å²) in [5, 5.41) is 15.4. The summed E-state index contributed by atoms with van der Waals surface area (Å²) in [5.41, 5.74) is 1.81. The second-order valence-corrected chi connectivity index (χ2v) is 7.46. The summed E-state index contributed by atoms with van der Waals surface area (Å²) < 4.78 is 7.90. The van der Waals surface area contributed by atoms with E-state index in [1.54, 1.807) is 13.3 Å². The van der Waals surface area contributed by atoms with Crippen LogP contribution in [0, 0.1) is 0 Å². The number of fused-ring (bicyclic) bond motifs is 1. The van der Waals surface area contributed by atoms with E-state index in [4.69, 9.17) is 4.42 Å². The molecule has 1 aliphatic heterocycles. The van der Waals surface area contributed by atoms with Gasteiger partial charge in [-0.2, -0.15) is 0 Å². The Labute approximate surface area is 176 Å². The van der Waals surface area contributed by atoms with Gasteiger partial charge in [-0.25, -0.2) is 4.98 Å². The molecule has 0 saturated carbocycles. The molecule has 158 valence electrons. The first-order chi connectivity index (χ1) is 14.8. The van der Waals surface area contributed by atoms with Crippen molar-refractivity contribution in [2.24, 2.45) is 4.99 Å². The molecule has 1 aromatic carbocycles. The van der Waals surface area contributed by atoms with Crippen LogP contribution in [-0.4, -0.2) is 39.3 Å². The zero-order valence-electron chi connectivity index (χ0n) is 17.5. The number of hydrogen-bond acceptors (Lipinski definition) is 5. The number of guanidine groups is 1. The minimum absolute atomic E-state index is 0.549. The summed E-state index contributed by atoms with van der Waals surface area (Å²) in [4.78, 5) is 8.82. The first kappa shape index (κ1) is 20.1. The zero-order valence-corrected chi connectivity index (χ0v) is 17.5. The molecule has 0 bridgehead atoms. The molecular formula is C22H29N7O. The van der Waals surface area contributed by atoms with Crippen LogP contribution in [0.4, 0.5) is 0 Å². The van der Waals surface area contributed by atoms with Gasteiger partial charge in [0.25, 0.3) is 0 Å². The van der Waals surface area contributed by atoms with E-state index in [1.165, 1.54) is 19.3 Å². The number of aromatic nitrogens is 4. The van der Waals surface area contributed by atoms with Crippen molar-refractivity contribution >= 4 is 5.96 Å². The Morgan fingerprint density at radius 1 is 1.13 bits per heavy atom. The highest BCUT2D eigenvalue weighted by Gasteiger charge is 2.14. The Hall–Kier alpha value is -3.16. The van der Waals surface area contributed by atoms with Crippen molar-refractivity contribution in [2.45, 2.75) is 51.6 Å². The smallest absolute Gasteiger partial charge is 0.226 e. The highest BCUT2D eigenvalue weighted by molar-refractivity contribution is 5.79. The maximum absolute atomic E-state index is 5.58. The maximum atomic E-state index is 5.58. The average molecular weight is 408 g/mol. The van der Waals surface area contributed by atoms with Crippen molar-refractivity contribution < 1.29 is 4.42 Å². The molecule has 4 rings (SSSR count). The molecule has 1 aliphatic rings. The minimum Gasteiger partial charge on any atom is -0.444 e. The van der Waals surface area contributed by atoms with E-state index in [1.807, 2.05) is 30.3 Å². The van der Waals surface area contributed by atoms with Crippen LogP contribution in [0.25, 0.3) is 11.5 Å². The molecule has 0 radical (unpaired) electrons. The van der Waals surface area contributed by atoms with E-state index in [0.29, 0.717) is 12.4 Å². The molecule has 0 fully saturated rings. The number of nitrogens with zero attached hydrogens (tertiary/aromatic N) is 5. The number of hydrogen-bond donors (Lipinski definition) is 2. The lowest BCUT2D eigenvalue weighted by Crippen LogP contribution is -2.37. The van der Waals surface area contributed by atoms with E-state index < -0.39 is 0 Å². The van der Waals surface area contributed by atoms with Crippen LogP contribution in [0.3, 0.4) is 0 Å². The number of aliphatic imine (C=N–C) groups is 1. The van der Waals surface area contributed by atoms with Gasteiger partial charge in [-0.05, 0) is 31.4 Å². The highest BCUT2D eigenvalue weighted by Crippen LogP contribution is 2.18. The van der Waals surface area contributed by atoms with Gasteiger partial charge in [-0.15, -0.1) is 10.2 Å². The molecule has 0 atom stereocenters. The molecule has 8 nitrogen and oxygen atoms in total. The molecular weight excluding hydrogens is 378 g/mol. The van der Waals surface area contributed by atoms with Crippen molar-refractivity contribution in [1.29, 1.82) is 0 Å². The maximum Gasteiger partial charge on any atom is 0.226 e. The third kappa shape index (κ3) is 5.06. The summed E-state index contributed by atoms with van der Waals surface area (Å²) in [6, 6.07) is 9.89. The SMILES string of the molecule is CN=C(NCCCc1nnc2n1CCCCC2)NCc1coc(-c2ccccc2)n1. The Bertz CT molecular complexity index is 961. The van der Waals surface area contributed by atoms with Crippen molar-refractivity contribution in [3.63, 3.8) is 0 Å². The number of benzene rings is 1. The normalized spacial score (nSPS) is 14.2. The Morgan fingerprint density at radius 2 is 2.03 bits per heavy atom. The number of aryl methyl sites for hydroxylation is 2. The fraction of sp³-hybridized carbons (Fsp3) is 0.455. The van der Waals surface area contributed by atoms with Crippen molar-refractivity contribution in [3.05, 3.63) is 53.9 Å². The Kier molecular flexibility index (Phi) is 6.74. The van der Waals surface area contributed by atoms with E-state index in [0.717, 1.165) is 61.2 Å². The van der Waals surface area contributed by atoms with Crippen LogP contribution in [0.2, 0.25) is 0 Å². The number of nitrogens with one attached hydrogen (secondary N) is 2. The van der Waals surface area contributed by atoms with Gasteiger partial charge in [0, 0.05) is 38.5 Å². The Balaban J connectivity index is 1.21. The van der Waals surface area contributed by atoms with Crippen LogP contribution < -0.4 is 10.6 Å². The van der Waals surface area contributed by atoms with Crippen LogP contribution in [0.5, 0.6) is 0 Å². The molecule has 2 aromatic heterocycles. The lowest BCUT2D eigenvalue weighted by molar-refractivity contribution is 0.572. The third-order valence-corrected chi connectivity index (χ3v) is 5.29. The first-order valence-corrected chi connectivity index (χ1v) is 10.7. The summed E-state index contributed by atoms with van der Waals surface area (Å²) in [5.74, 6) is 3.63. The molecule has 0 unspecified atom stereocenters. The summed E-state index contributed by atoms with van der Waals surface area (Å²) >= 11 is 0. The average Bonchev–Trinajstić information content (AvgIpc) is 3.34. The number of oxazole rings is 1. The van der Waals surface area contributed by atoms with Gasteiger partial charge < -0.3 is 19.6 Å². The van der Waals surface area contributed by atoms with Gasteiger partial charge in [0.05, 0.1) is 12.2 Å².